The first-order chi connectivity index (χ1) is 16.4. The molecule has 0 spiro atoms. The zero-order valence-corrected chi connectivity index (χ0v) is 18.2. The van der Waals surface area contributed by atoms with Gasteiger partial charge in [0, 0.05) is 23.4 Å². The number of H-pyrrole nitrogens is 1. The minimum Gasteiger partial charge on any atom is -0.491 e. The summed E-state index contributed by atoms with van der Waals surface area (Å²) < 4.78 is 6.15. The van der Waals surface area contributed by atoms with Crippen LogP contribution < -0.4 is 10.1 Å². The molecule has 1 aromatic heterocycles. The second kappa shape index (κ2) is 9.88. The summed E-state index contributed by atoms with van der Waals surface area (Å²) in [6, 6.07) is 38.8. The lowest BCUT2D eigenvalue weighted by Crippen LogP contribution is -2.11. The molecule has 1 heterocycles. The van der Waals surface area contributed by atoms with Gasteiger partial charge in [-0.05, 0) is 24.3 Å². The molecule has 0 saturated carbocycles. The number of aromatic amines is 1. The Bertz CT molecular complexity index is 1240. The van der Waals surface area contributed by atoms with Gasteiger partial charge in [0.1, 0.15) is 18.2 Å². The summed E-state index contributed by atoms with van der Waals surface area (Å²) in [7, 11) is 0. The number of anilines is 1. The Hall–Kier alpha value is -4.31. The average molecular weight is 432 g/mol. The molecule has 33 heavy (non-hydrogen) atoms. The number of nitrogens with one attached hydrogen (secondary N) is 2. The minimum atomic E-state index is 0.545. The van der Waals surface area contributed by atoms with Crippen LogP contribution in [0.25, 0.3) is 33.9 Å². The van der Waals surface area contributed by atoms with Crippen molar-refractivity contribution in [2.45, 2.75) is 0 Å². The fourth-order valence-electron chi connectivity index (χ4n) is 3.82. The van der Waals surface area contributed by atoms with Crippen LogP contribution in [0, 0.1) is 0 Å². The van der Waals surface area contributed by atoms with Crippen LogP contribution in [0.3, 0.4) is 0 Å². The largest absolute Gasteiger partial charge is 0.491 e. The zero-order chi connectivity index (χ0) is 22.3. The van der Waals surface area contributed by atoms with Crippen molar-refractivity contribution in [3.8, 4) is 39.7 Å². The standard InChI is InChI=1S/C29H25N3O/c1-4-12-22(13-5-1)27-28(23-14-6-2-7-15-23)32-29(31-27)25-18-10-11-19-26(25)33-21-20-30-24-16-8-3-9-17-24/h1-19,30H,20-21H2,(H,31,32). The van der Waals surface area contributed by atoms with Crippen molar-refractivity contribution in [2.75, 3.05) is 18.5 Å². The predicted octanol–water partition coefficient (Wildman–Crippen LogP) is 6.90. The number of ether oxygens (including phenoxy) is 1. The highest BCUT2D eigenvalue weighted by Crippen LogP contribution is 2.35. The fraction of sp³-hybridized carbons (Fsp3) is 0.0690. The molecule has 0 aliphatic heterocycles. The van der Waals surface area contributed by atoms with Gasteiger partial charge < -0.3 is 15.0 Å². The molecule has 0 aliphatic carbocycles. The van der Waals surface area contributed by atoms with Crippen molar-refractivity contribution in [2.24, 2.45) is 0 Å². The predicted molar refractivity (Wildman–Crippen MR) is 135 cm³/mol. The van der Waals surface area contributed by atoms with E-state index >= 15 is 0 Å². The number of hydrogen-bond acceptors (Lipinski definition) is 3. The molecule has 0 unspecified atom stereocenters. The van der Waals surface area contributed by atoms with Crippen LogP contribution in [0.4, 0.5) is 5.69 Å². The van der Waals surface area contributed by atoms with Gasteiger partial charge >= 0.3 is 0 Å². The third kappa shape index (κ3) is 4.80. The van der Waals surface area contributed by atoms with Crippen molar-refractivity contribution in [1.82, 2.24) is 9.97 Å². The Labute approximate surface area is 193 Å². The van der Waals surface area contributed by atoms with Gasteiger partial charge in [0.2, 0.25) is 0 Å². The van der Waals surface area contributed by atoms with E-state index in [1.54, 1.807) is 0 Å². The summed E-state index contributed by atoms with van der Waals surface area (Å²) in [4.78, 5) is 8.58. The normalized spacial score (nSPS) is 10.7. The van der Waals surface area contributed by atoms with E-state index in [2.05, 4.69) is 34.6 Å². The quantitative estimate of drug-likeness (QED) is 0.263. The molecule has 0 saturated heterocycles. The summed E-state index contributed by atoms with van der Waals surface area (Å²) in [6.07, 6.45) is 0. The molecule has 5 rings (SSSR count). The van der Waals surface area contributed by atoms with Gasteiger partial charge in [-0.25, -0.2) is 4.98 Å². The Balaban J connectivity index is 1.43. The Morgan fingerprint density at radius 1 is 0.667 bits per heavy atom. The van der Waals surface area contributed by atoms with E-state index in [4.69, 9.17) is 9.72 Å². The Morgan fingerprint density at radius 3 is 2.00 bits per heavy atom. The van der Waals surface area contributed by atoms with Crippen molar-refractivity contribution in [3.05, 3.63) is 115 Å². The highest BCUT2D eigenvalue weighted by atomic mass is 16.5. The summed E-state index contributed by atoms with van der Waals surface area (Å²) in [5.74, 6) is 1.60. The van der Waals surface area contributed by atoms with E-state index in [-0.39, 0.29) is 0 Å². The van der Waals surface area contributed by atoms with Gasteiger partial charge in [0.05, 0.1) is 17.0 Å². The van der Waals surface area contributed by atoms with Crippen molar-refractivity contribution in [3.63, 3.8) is 0 Å². The SMILES string of the molecule is c1ccc(NCCOc2ccccc2-c2nc(-c3ccccc3)c(-c3ccccc3)[nH]2)cc1. The first-order valence-electron chi connectivity index (χ1n) is 11.1. The van der Waals surface area contributed by atoms with Gasteiger partial charge in [-0.15, -0.1) is 0 Å². The van der Waals surface area contributed by atoms with E-state index < -0.39 is 0 Å². The van der Waals surface area contributed by atoms with Crippen molar-refractivity contribution in [1.29, 1.82) is 0 Å². The lowest BCUT2D eigenvalue weighted by molar-refractivity contribution is 0.334. The maximum absolute atomic E-state index is 6.15. The van der Waals surface area contributed by atoms with Crippen LogP contribution in [0.15, 0.2) is 115 Å². The molecule has 0 bridgehead atoms. The van der Waals surface area contributed by atoms with E-state index in [1.807, 2.05) is 91.0 Å². The minimum absolute atomic E-state index is 0.545. The topological polar surface area (TPSA) is 49.9 Å². The van der Waals surface area contributed by atoms with Crippen LogP contribution in [-0.2, 0) is 0 Å². The second-order valence-corrected chi connectivity index (χ2v) is 7.68. The van der Waals surface area contributed by atoms with E-state index in [9.17, 15) is 0 Å². The second-order valence-electron chi connectivity index (χ2n) is 7.68. The molecule has 0 amide bonds. The smallest absolute Gasteiger partial charge is 0.142 e. The van der Waals surface area contributed by atoms with Crippen LogP contribution >= 0.6 is 0 Å². The van der Waals surface area contributed by atoms with Gasteiger partial charge in [-0.3, -0.25) is 0 Å². The molecule has 4 nitrogen and oxygen atoms in total. The van der Waals surface area contributed by atoms with Crippen LogP contribution in [0.2, 0.25) is 0 Å². The van der Waals surface area contributed by atoms with Crippen molar-refractivity contribution >= 4 is 5.69 Å². The van der Waals surface area contributed by atoms with Crippen LogP contribution in [0.5, 0.6) is 5.75 Å². The molecule has 162 valence electrons. The third-order valence-electron chi connectivity index (χ3n) is 5.42. The Morgan fingerprint density at radius 2 is 1.27 bits per heavy atom. The number of aromatic nitrogens is 2. The highest BCUT2D eigenvalue weighted by Gasteiger charge is 2.17. The zero-order valence-electron chi connectivity index (χ0n) is 18.2. The molecular weight excluding hydrogens is 406 g/mol. The summed E-state index contributed by atoms with van der Waals surface area (Å²) in [5.41, 5.74) is 6.12. The van der Waals surface area contributed by atoms with Crippen LogP contribution in [0.1, 0.15) is 0 Å². The monoisotopic (exact) mass is 431 g/mol. The van der Waals surface area contributed by atoms with Crippen molar-refractivity contribution < 1.29 is 4.74 Å². The number of benzene rings is 4. The van der Waals surface area contributed by atoms with Crippen LogP contribution in [-0.4, -0.2) is 23.1 Å². The molecule has 5 aromatic rings. The number of rotatable bonds is 8. The number of nitrogens with zero attached hydrogens (tertiary/aromatic N) is 1. The van der Waals surface area contributed by atoms with Gasteiger partial charge in [0.25, 0.3) is 0 Å². The molecule has 0 aliphatic rings. The lowest BCUT2D eigenvalue weighted by atomic mass is 10.1. The van der Waals surface area contributed by atoms with E-state index in [0.717, 1.165) is 45.3 Å². The molecular formula is C29H25N3O. The molecule has 0 radical (unpaired) electrons. The van der Waals surface area contributed by atoms with Gasteiger partial charge in [-0.1, -0.05) is 91.0 Å². The molecule has 4 heteroatoms. The molecule has 2 N–H and O–H groups in total. The maximum Gasteiger partial charge on any atom is 0.142 e. The van der Waals surface area contributed by atoms with E-state index in [0.29, 0.717) is 13.2 Å². The molecule has 4 aromatic carbocycles. The lowest BCUT2D eigenvalue weighted by Gasteiger charge is -2.11. The maximum atomic E-state index is 6.15. The highest BCUT2D eigenvalue weighted by molar-refractivity contribution is 5.82. The first-order valence-corrected chi connectivity index (χ1v) is 11.1. The molecule has 0 atom stereocenters. The summed E-state index contributed by atoms with van der Waals surface area (Å²) in [6.45, 7) is 1.25. The fourth-order valence-corrected chi connectivity index (χ4v) is 3.82. The Kier molecular flexibility index (Phi) is 6.16. The molecule has 0 fully saturated rings. The summed E-state index contributed by atoms with van der Waals surface area (Å²) in [5, 5.41) is 3.38. The first kappa shape index (κ1) is 20.6. The van der Waals surface area contributed by atoms with E-state index in [1.165, 1.54) is 0 Å². The van der Waals surface area contributed by atoms with Gasteiger partial charge in [-0.2, -0.15) is 0 Å². The number of imidazole rings is 1. The third-order valence-corrected chi connectivity index (χ3v) is 5.42. The number of para-hydroxylation sites is 2. The number of hydrogen-bond donors (Lipinski definition) is 2. The van der Waals surface area contributed by atoms with Gasteiger partial charge in [0.15, 0.2) is 0 Å². The average Bonchev–Trinajstić information content (AvgIpc) is 3.34. The summed E-state index contributed by atoms with van der Waals surface area (Å²) >= 11 is 0.